The van der Waals surface area contributed by atoms with Crippen LogP contribution in [0.4, 0.5) is 0 Å². The normalized spacial score (nSPS) is 20.8. The van der Waals surface area contributed by atoms with Gasteiger partial charge in [-0.1, -0.05) is 19.1 Å². The third kappa shape index (κ3) is 2.99. The maximum Gasteiger partial charge on any atom is 0.243 e. The topological polar surface area (TPSA) is 63.4 Å². The van der Waals surface area contributed by atoms with Crippen LogP contribution in [0, 0.1) is 0 Å². The first kappa shape index (κ1) is 14.5. The van der Waals surface area contributed by atoms with Gasteiger partial charge in [0.25, 0.3) is 0 Å². The Morgan fingerprint density at radius 2 is 2.00 bits per heavy atom. The molecule has 0 radical (unpaired) electrons. The van der Waals surface area contributed by atoms with E-state index in [0.717, 1.165) is 31.2 Å². The standard InChI is InChI=1S/C14H22N2O2S/c1-2-13-4-3-11-16(13)19(17,18)14-7-5-12(6-8-14)9-10-15/h5-8,13H,2-4,9-11,15H2,1H3. The van der Waals surface area contributed by atoms with E-state index >= 15 is 0 Å². The van der Waals surface area contributed by atoms with Crippen LogP contribution in [0.2, 0.25) is 0 Å². The van der Waals surface area contributed by atoms with Crippen molar-refractivity contribution in [1.82, 2.24) is 4.31 Å². The SMILES string of the molecule is CCC1CCCN1S(=O)(=O)c1ccc(CCN)cc1. The third-order valence-electron chi connectivity index (χ3n) is 3.76. The highest BCUT2D eigenvalue weighted by atomic mass is 32.2. The van der Waals surface area contributed by atoms with E-state index in [9.17, 15) is 8.42 Å². The fraction of sp³-hybridized carbons (Fsp3) is 0.571. The molecule has 1 saturated heterocycles. The molecule has 1 aliphatic rings. The second kappa shape index (κ2) is 6.03. The van der Waals surface area contributed by atoms with Crippen LogP contribution in [0.5, 0.6) is 0 Å². The van der Waals surface area contributed by atoms with Crippen molar-refractivity contribution in [2.24, 2.45) is 5.73 Å². The highest BCUT2D eigenvalue weighted by Gasteiger charge is 2.33. The summed E-state index contributed by atoms with van der Waals surface area (Å²) in [5.74, 6) is 0. The van der Waals surface area contributed by atoms with Crippen LogP contribution in [0.25, 0.3) is 0 Å². The Morgan fingerprint density at radius 1 is 1.32 bits per heavy atom. The molecule has 1 heterocycles. The maximum absolute atomic E-state index is 12.6. The minimum absolute atomic E-state index is 0.161. The summed E-state index contributed by atoms with van der Waals surface area (Å²) in [6.07, 6.45) is 3.59. The lowest BCUT2D eigenvalue weighted by atomic mass is 10.2. The minimum atomic E-state index is -3.33. The monoisotopic (exact) mass is 282 g/mol. The van der Waals surface area contributed by atoms with E-state index < -0.39 is 10.0 Å². The van der Waals surface area contributed by atoms with Gasteiger partial charge in [0.1, 0.15) is 0 Å². The van der Waals surface area contributed by atoms with Crippen molar-refractivity contribution in [3.8, 4) is 0 Å². The predicted octanol–water partition coefficient (Wildman–Crippen LogP) is 1.75. The molecule has 4 nitrogen and oxygen atoms in total. The number of hydrogen-bond donors (Lipinski definition) is 1. The van der Waals surface area contributed by atoms with E-state index in [2.05, 4.69) is 0 Å². The molecule has 0 aromatic heterocycles. The first-order valence-corrected chi connectivity index (χ1v) is 8.34. The van der Waals surface area contributed by atoms with E-state index in [0.29, 0.717) is 18.0 Å². The van der Waals surface area contributed by atoms with E-state index in [1.807, 2.05) is 19.1 Å². The first-order chi connectivity index (χ1) is 9.09. The number of nitrogens with zero attached hydrogens (tertiary/aromatic N) is 1. The Balaban J connectivity index is 2.24. The summed E-state index contributed by atoms with van der Waals surface area (Å²) in [6, 6.07) is 7.28. The van der Waals surface area contributed by atoms with Gasteiger partial charge in [-0.25, -0.2) is 8.42 Å². The molecule has 0 amide bonds. The molecule has 2 rings (SSSR count). The zero-order chi connectivity index (χ0) is 13.9. The van der Waals surface area contributed by atoms with E-state index in [-0.39, 0.29) is 6.04 Å². The van der Waals surface area contributed by atoms with Crippen LogP contribution < -0.4 is 5.73 Å². The van der Waals surface area contributed by atoms with Gasteiger partial charge < -0.3 is 5.73 Å². The van der Waals surface area contributed by atoms with Crippen LogP contribution in [-0.4, -0.2) is 31.9 Å². The molecule has 2 N–H and O–H groups in total. The van der Waals surface area contributed by atoms with E-state index in [4.69, 9.17) is 5.73 Å². The Labute approximate surface area is 115 Å². The summed E-state index contributed by atoms with van der Waals surface area (Å²) in [7, 11) is -3.33. The summed E-state index contributed by atoms with van der Waals surface area (Å²) in [6.45, 7) is 3.27. The van der Waals surface area contributed by atoms with Crippen molar-refractivity contribution in [3.63, 3.8) is 0 Å². The molecule has 5 heteroatoms. The number of rotatable bonds is 5. The van der Waals surface area contributed by atoms with Gasteiger partial charge in [-0.05, 0) is 49.9 Å². The molecule has 1 aromatic rings. The van der Waals surface area contributed by atoms with Crippen molar-refractivity contribution < 1.29 is 8.42 Å². The highest BCUT2D eigenvalue weighted by Crippen LogP contribution is 2.27. The first-order valence-electron chi connectivity index (χ1n) is 6.90. The van der Waals surface area contributed by atoms with Gasteiger partial charge in [0.15, 0.2) is 0 Å². The molecule has 106 valence electrons. The van der Waals surface area contributed by atoms with Crippen molar-refractivity contribution in [3.05, 3.63) is 29.8 Å². The smallest absolute Gasteiger partial charge is 0.243 e. The molecule has 0 spiro atoms. The van der Waals surface area contributed by atoms with Crippen molar-refractivity contribution in [1.29, 1.82) is 0 Å². The fourth-order valence-electron chi connectivity index (χ4n) is 2.66. The molecule has 1 aliphatic heterocycles. The summed E-state index contributed by atoms with van der Waals surface area (Å²) in [5, 5.41) is 0. The molecule has 1 unspecified atom stereocenters. The van der Waals surface area contributed by atoms with Crippen LogP contribution >= 0.6 is 0 Å². The summed E-state index contributed by atoms with van der Waals surface area (Å²) in [4.78, 5) is 0.397. The Hall–Kier alpha value is -0.910. The lowest BCUT2D eigenvalue weighted by Crippen LogP contribution is -2.35. The van der Waals surface area contributed by atoms with E-state index in [1.165, 1.54) is 0 Å². The maximum atomic E-state index is 12.6. The zero-order valence-electron chi connectivity index (χ0n) is 11.4. The number of sulfonamides is 1. The molecule has 1 atom stereocenters. The zero-order valence-corrected chi connectivity index (χ0v) is 12.2. The molecule has 0 saturated carbocycles. The van der Waals surface area contributed by atoms with Gasteiger partial charge in [-0.15, -0.1) is 0 Å². The second-order valence-electron chi connectivity index (χ2n) is 5.00. The number of hydrogen-bond acceptors (Lipinski definition) is 3. The Morgan fingerprint density at radius 3 is 2.58 bits per heavy atom. The van der Waals surface area contributed by atoms with Gasteiger partial charge in [-0.3, -0.25) is 0 Å². The van der Waals surface area contributed by atoms with Crippen LogP contribution in [0.1, 0.15) is 31.7 Å². The molecular weight excluding hydrogens is 260 g/mol. The van der Waals surface area contributed by atoms with Gasteiger partial charge in [0.05, 0.1) is 4.90 Å². The van der Waals surface area contributed by atoms with E-state index in [1.54, 1.807) is 16.4 Å². The van der Waals surface area contributed by atoms with Crippen LogP contribution in [0.15, 0.2) is 29.2 Å². The van der Waals surface area contributed by atoms with Crippen LogP contribution in [0.3, 0.4) is 0 Å². The van der Waals surface area contributed by atoms with Crippen molar-refractivity contribution in [2.75, 3.05) is 13.1 Å². The molecule has 19 heavy (non-hydrogen) atoms. The molecule has 0 bridgehead atoms. The molecular formula is C14H22N2O2S. The lowest BCUT2D eigenvalue weighted by molar-refractivity contribution is 0.379. The Kier molecular flexibility index (Phi) is 4.60. The average Bonchev–Trinajstić information content (AvgIpc) is 2.89. The van der Waals surface area contributed by atoms with Crippen molar-refractivity contribution >= 4 is 10.0 Å². The van der Waals surface area contributed by atoms with Gasteiger partial charge in [0, 0.05) is 12.6 Å². The Bertz CT molecular complexity index is 511. The minimum Gasteiger partial charge on any atom is -0.330 e. The molecule has 1 fully saturated rings. The number of benzene rings is 1. The molecule has 0 aliphatic carbocycles. The fourth-order valence-corrected chi connectivity index (χ4v) is 4.43. The van der Waals surface area contributed by atoms with Gasteiger partial charge >= 0.3 is 0 Å². The third-order valence-corrected chi connectivity index (χ3v) is 5.72. The summed E-state index contributed by atoms with van der Waals surface area (Å²) >= 11 is 0. The van der Waals surface area contributed by atoms with Gasteiger partial charge in [-0.2, -0.15) is 4.31 Å². The lowest BCUT2D eigenvalue weighted by Gasteiger charge is -2.23. The average molecular weight is 282 g/mol. The predicted molar refractivity (Wildman–Crippen MR) is 76.4 cm³/mol. The summed E-state index contributed by atoms with van der Waals surface area (Å²) < 4.78 is 26.8. The second-order valence-corrected chi connectivity index (χ2v) is 6.89. The van der Waals surface area contributed by atoms with Gasteiger partial charge in [0.2, 0.25) is 10.0 Å². The highest BCUT2D eigenvalue weighted by molar-refractivity contribution is 7.89. The van der Waals surface area contributed by atoms with Crippen LogP contribution in [-0.2, 0) is 16.4 Å². The quantitative estimate of drug-likeness (QED) is 0.895. The number of nitrogens with two attached hydrogens (primary N) is 1. The molecule has 1 aromatic carbocycles. The van der Waals surface area contributed by atoms with Crippen molar-refractivity contribution in [2.45, 2.75) is 43.5 Å². The largest absolute Gasteiger partial charge is 0.330 e. The summed E-state index contributed by atoms with van der Waals surface area (Å²) in [5.41, 5.74) is 6.57.